The Morgan fingerprint density at radius 1 is 0.947 bits per heavy atom. The number of rotatable bonds is 2. The van der Waals surface area contributed by atoms with Gasteiger partial charge in [0.2, 0.25) is 11.8 Å². The molecule has 2 aliphatic heterocycles. The van der Waals surface area contributed by atoms with Crippen molar-refractivity contribution in [3.63, 3.8) is 0 Å². The molecule has 2 fully saturated rings. The number of anilines is 3. The van der Waals surface area contributed by atoms with Crippen LogP contribution >= 0.6 is 0 Å². The highest BCUT2D eigenvalue weighted by Gasteiger charge is 2.26. The molecule has 2 saturated heterocycles. The van der Waals surface area contributed by atoms with Crippen molar-refractivity contribution < 1.29 is 9.59 Å². The zero-order valence-corrected chi connectivity index (χ0v) is 10.8. The van der Waals surface area contributed by atoms with Crippen molar-refractivity contribution in [2.75, 3.05) is 28.6 Å². The normalized spacial score (nSPS) is 19.6. The summed E-state index contributed by atoms with van der Waals surface area (Å²) in [5.74, 6) is 0.250. The van der Waals surface area contributed by atoms with Gasteiger partial charge in [-0.25, -0.2) is 0 Å². The first-order valence-electron chi connectivity index (χ1n) is 6.67. The molecule has 1 aromatic rings. The van der Waals surface area contributed by atoms with Crippen molar-refractivity contribution in [2.24, 2.45) is 0 Å². The van der Waals surface area contributed by atoms with E-state index in [0.29, 0.717) is 25.1 Å². The van der Waals surface area contributed by atoms with Gasteiger partial charge < -0.3 is 15.5 Å². The quantitative estimate of drug-likeness (QED) is 0.819. The van der Waals surface area contributed by atoms with Crippen LogP contribution in [0, 0.1) is 0 Å². The Bertz CT molecular complexity index is 541. The van der Waals surface area contributed by atoms with Gasteiger partial charge in [-0.1, -0.05) is 0 Å². The van der Waals surface area contributed by atoms with Crippen LogP contribution < -0.4 is 15.5 Å². The summed E-state index contributed by atoms with van der Waals surface area (Å²) in [4.78, 5) is 27.1. The molecule has 2 N–H and O–H groups in total. The summed E-state index contributed by atoms with van der Waals surface area (Å²) >= 11 is 0. The topological polar surface area (TPSA) is 66.6 Å². The number of hydrogen-bond donors (Lipinski definition) is 1. The molecule has 3 rings (SSSR count). The minimum Gasteiger partial charge on any atom is -0.397 e. The number of hydrogen-bond acceptors (Lipinski definition) is 3. The third-order valence-electron chi connectivity index (χ3n) is 3.76. The molecule has 0 aromatic heterocycles. The molecule has 0 spiro atoms. The number of nitrogens with two attached hydrogens (primary N) is 1. The Hall–Kier alpha value is -2.04. The fourth-order valence-corrected chi connectivity index (χ4v) is 2.76. The van der Waals surface area contributed by atoms with Gasteiger partial charge in [-0.3, -0.25) is 9.59 Å². The van der Waals surface area contributed by atoms with E-state index < -0.39 is 0 Å². The van der Waals surface area contributed by atoms with Gasteiger partial charge in [-0.2, -0.15) is 0 Å². The highest BCUT2D eigenvalue weighted by Crippen LogP contribution is 2.33. The SMILES string of the molecule is Nc1ccc(N2CCCC2=O)cc1N1CCCC1=O. The average molecular weight is 259 g/mol. The molecule has 2 amide bonds. The van der Waals surface area contributed by atoms with Gasteiger partial charge in [-0.15, -0.1) is 0 Å². The van der Waals surface area contributed by atoms with Gasteiger partial charge in [0.1, 0.15) is 0 Å². The van der Waals surface area contributed by atoms with E-state index in [1.807, 2.05) is 12.1 Å². The van der Waals surface area contributed by atoms with Crippen LogP contribution in [0.4, 0.5) is 17.1 Å². The molecule has 5 nitrogen and oxygen atoms in total. The van der Waals surface area contributed by atoms with E-state index in [0.717, 1.165) is 30.8 Å². The molecule has 5 heteroatoms. The largest absolute Gasteiger partial charge is 0.397 e. The summed E-state index contributed by atoms with van der Waals surface area (Å²) in [5.41, 5.74) is 8.13. The van der Waals surface area contributed by atoms with Crippen LogP contribution in [0.1, 0.15) is 25.7 Å². The lowest BCUT2D eigenvalue weighted by atomic mass is 10.2. The number of nitrogen functional groups attached to an aromatic ring is 1. The molecule has 0 bridgehead atoms. The summed E-state index contributed by atoms with van der Waals surface area (Å²) in [6.45, 7) is 1.45. The average Bonchev–Trinajstić information content (AvgIpc) is 2.99. The van der Waals surface area contributed by atoms with Crippen LogP contribution in [-0.2, 0) is 9.59 Å². The molecule has 100 valence electrons. The van der Waals surface area contributed by atoms with E-state index in [9.17, 15) is 9.59 Å². The molecule has 0 atom stereocenters. The smallest absolute Gasteiger partial charge is 0.227 e. The second kappa shape index (κ2) is 4.57. The fourth-order valence-electron chi connectivity index (χ4n) is 2.76. The number of carbonyl (C=O) groups is 2. The molecular weight excluding hydrogens is 242 g/mol. The molecule has 0 radical (unpaired) electrons. The zero-order chi connectivity index (χ0) is 13.4. The van der Waals surface area contributed by atoms with Gasteiger partial charge in [0.05, 0.1) is 11.4 Å². The summed E-state index contributed by atoms with van der Waals surface area (Å²) in [7, 11) is 0. The van der Waals surface area contributed by atoms with Crippen molar-refractivity contribution in [3.05, 3.63) is 18.2 Å². The molecular formula is C14H17N3O2. The number of carbonyl (C=O) groups excluding carboxylic acids is 2. The minimum absolute atomic E-state index is 0.108. The van der Waals surface area contributed by atoms with Crippen molar-refractivity contribution in [2.45, 2.75) is 25.7 Å². The van der Waals surface area contributed by atoms with Gasteiger partial charge >= 0.3 is 0 Å². The van der Waals surface area contributed by atoms with Crippen molar-refractivity contribution in [3.8, 4) is 0 Å². The standard InChI is InChI=1S/C14H17N3O2/c15-11-6-5-10(16-7-1-3-13(16)18)9-12(11)17-8-2-4-14(17)19/h5-6,9H,1-4,7-8,15H2. The number of benzene rings is 1. The van der Waals surface area contributed by atoms with Crippen LogP contribution in [-0.4, -0.2) is 24.9 Å². The maximum Gasteiger partial charge on any atom is 0.227 e. The van der Waals surface area contributed by atoms with E-state index in [1.54, 1.807) is 15.9 Å². The molecule has 2 aliphatic rings. The molecule has 0 aliphatic carbocycles. The predicted octanol–water partition coefficient (Wildman–Crippen LogP) is 1.52. The summed E-state index contributed by atoms with van der Waals surface area (Å²) < 4.78 is 0. The lowest BCUT2D eigenvalue weighted by molar-refractivity contribution is -0.117. The molecule has 0 unspecified atom stereocenters. The summed E-state index contributed by atoms with van der Waals surface area (Å²) in [6, 6.07) is 5.49. The van der Waals surface area contributed by atoms with Crippen LogP contribution in [0.3, 0.4) is 0 Å². The maximum atomic E-state index is 11.8. The molecule has 0 saturated carbocycles. The van der Waals surface area contributed by atoms with Crippen molar-refractivity contribution in [1.29, 1.82) is 0 Å². The third kappa shape index (κ3) is 2.05. The minimum atomic E-state index is 0.108. The first kappa shape index (κ1) is 12.0. The molecule has 19 heavy (non-hydrogen) atoms. The van der Waals surface area contributed by atoms with E-state index in [4.69, 9.17) is 5.73 Å². The number of nitrogens with zero attached hydrogens (tertiary/aromatic N) is 2. The second-order valence-electron chi connectivity index (χ2n) is 5.04. The van der Waals surface area contributed by atoms with Crippen LogP contribution in [0.25, 0.3) is 0 Å². The van der Waals surface area contributed by atoms with E-state index in [1.165, 1.54) is 0 Å². The molecule has 1 aromatic carbocycles. The Morgan fingerprint density at radius 3 is 2.16 bits per heavy atom. The first-order valence-corrected chi connectivity index (χ1v) is 6.67. The molecule has 2 heterocycles. The predicted molar refractivity (Wildman–Crippen MR) is 74.0 cm³/mol. The van der Waals surface area contributed by atoms with Crippen LogP contribution in [0.5, 0.6) is 0 Å². The zero-order valence-electron chi connectivity index (χ0n) is 10.8. The maximum absolute atomic E-state index is 11.8. The highest BCUT2D eigenvalue weighted by atomic mass is 16.2. The Morgan fingerprint density at radius 2 is 1.58 bits per heavy atom. The Labute approximate surface area is 112 Å². The number of amides is 2. The van der Waals surface area contributed by atoms with Gasteiger partial charge in [0, 0.05) is 31.6 Å². The van der Waals surface area contributed by atoms with E-state index >= 15 is 0 Å². The van der Waals surface area contributed by atoms with E-state index in [-0.39, 0.29) is 11.8 Å². The first-order chi connectivity index (χ1) is 9.16. The van der Waals surface area contributed by atoms with Gasteiger partial charge in [-0.05, 0) is 31.0 Å². The Balaban J connectivity index is 1.96. The van der Waals surface area contributed by atoms with Gasteiger partial charge in [0.25, 0.3) is 0 Å². The lowest BCUT2D eigenvalue weighted by Crippen LogP contribution is -2.27. The van der Waals surface area contributed by atoms with E-state index in [2.05, 4.69) is 0 Å². The fraction of sp³-hybridized carbons (Fsp3) is 0.429. The lowest BCUT2D eigenvalue weighted by Gasteiger charge is -2.22. The monoisotopic (exact) mass is 259 g/mol. The highest BCUT2D eigenvalue weighted by molar-refractivity contribution is 6.01. The van der Waals surface area contributed by atoms with Crippen molar-refractivity contribution >= 4 is 28.9 Å². The second-order valence-corrected chi connectivity index (χ2v) is 5.04. The summed E-state index contributed by atoms with van der Waals surface area (Å²) in [5, 5.41) is 0. The summed E-state index contributed by atoms with van der Waals surface area (Å²) in [6.07, 6.45) is 2.93. The van der Waals surface area contributed by atoms with Crippen LogP contribution in [0.15, 0.2) is 18.2 Å². The van der Waals surface area contributed by atoms with Gasteiger partial charge in [0.15, 0.2) is 0 Å². The van der Waals surface area contributed by atoms with Crippen molar-refractivity contribution in [1.82, 2.24) is 0 Å². The van der Waals surface area contributed by atoms with Crippen LogP contribution in [0.2, 0.25) is 0 Å². The third-order valence-corrected chi connectivity index (χ3v) is 3.76. The Kier molecular flexibility index (Phi) is 2.89.